The minimum atomic E-state index is -3.56. The van der Waals surface area contributed by atoms with Crippen LogP contribution in [0.25, 0.3) is 0 Å². The number of aromatic amines is 1. The van der Waals surface area contributed by atoms with E-state index in [1.807, 2.05) is 0 Å². The van der Waals surface area contributed by atoms with Crippen molar-refractivity contribution in [2.45, 2.75) is 25.3 Å². The summed E-state index contributed by atoms with van der Waals surface area (Å²) in [6, 6.07) is 7.04. The van der Waals surface area contributed by atoms with Crippen LogP contribution in [0.2, 0.25) is 0 Å². The molecule has 4 N–H and O–H groups in total. The maximum absolute atomic E-state index is 12.2. The number of nitrogens with zero attached hydrogens (tertiary/aromatic N) is 1. The van der Waals surface area contributed by atoms with Gasteiger partial charge < -0.3 is 5.73 Å². The van der Waals surface area contributed by atoms with Gasteiger partial charge in [-0.3, -0.25) is 5.10 Å². The molecule has 0 unspecified atom stereocenters. The fourth-order valence-corrected chi connectivity index (χ4v) is 3.21. The molecule has 2 aromatic rings. The Morgan fingerprint density at radius 3 is 2.42 bits per heavy atom. The van der Waals surface area contributed by atoms with E-state index in [2.05, 4.69) is 14.9 Å². The Labute approximate surface area is 112 Å². The first kappa shape index (κ1) is 13.6. The lowest BCUT2D eigenvalue weighted by atomic mass is 10.2. The Morgan fingerprint density at radius 2 is 1.89 bits per heavy atom. The molecule has 0 aliphatic carbocycles. The zero-order valence-electron chi connectivity index (χ0n) is 10.8. The van der Waals surface area contributed by atoms with Crippen molar-refractivity contribution in [1.82, 2.24) is 14.9 Å². The smallest absolute Gasteiger partial charge is 0.244 e. The van der Waals surface area contributed by atoms with Crippen LogP contribution in [-0.4, -0.2) is 18.6 Å². The number of nitrogens with one attached hydrogen (secondary N) is 2. The number of aromatic nitrogens is 2. The van der Waals surface area contributed by atoms with Gasteiger partial charge in [-0.2, -0.15) is 5.10 Å². The van der Waals surface area contributed by atoms with Crippen molar-refractivity contribution >= 4 is 15.7 Å². The summed E-state index contributed by atoms with van der Waals surface area (Å²) in [5.41, 5.74) is 8.06. The third-order valence-electron chi connectivity index (χ3n) is 2.78. The number of hydrogen-bond acceptors (Lipinski definition) is 4. The van der Waals surface area contributed by atoms with Gasteiger partial charge in [-0.1, -0.05) is 12.1 Å². The van der Waals surface area contributed by atoms with Gasteiger partial charge in [0.1, 0.15) is 4.90 Å². The topological polar surface area (TPSA) is 101 Å². The van der Waals surface area contributed by atoms with Crippen molar-refractivity contribution in [2.75, 3.05) is 5.73 Å². The highest BCUT2D eigenvalue weighted by molar-refractivity contribution is 7.89. The zero-order valence-corrected chi connectivity index (χ0v) is 11.6. The predicted molar refractivity (Wildman–Crippen MR) is 72.9 cm³/mol. The lowest BCUT2D eigenvalue weighted by molar-refractivity contribution is 0.580. The molecule has 1 heterocycles. The molecule has 0 aliphatic rings. The highest BCUT2D eigenvalue weighted by atomic mass is 32.2. The molecule has 0 saturated carbocycles. The summed E-state index contributed by atoms with van der Waals surface area (Å²) >= 11 is 0. The summed E-state index contributed by atoms with van der Waals surface area (Å²) < 4.78 is 26.9. The molecular formula is C12H16N4O2S. The van der Waals surface area contributed by atoms with E-state index in [1.54, 1.807) is 38.1 Å². The Kier molecular flexibility index (Phi) is 3.59. The third kappa shape index (κ3) is 2.94. The summed E-state index contributed by atoms with van der Waals surface area (Å²) in [5, 5.41) is 6.55. The minimum absolute atomic E-state index is 0.211. The van der Waals surface area contributed by atoms with E-state index in [4.69, 9.17) is 5.73 Å². The van der Waals surface area contributed by atoms with Gasteiger partial charge in [-0.25, -0.2) is 13.1 Å². The van der Waals surface area contributed by atoms with Crippen molar-refractivity contribution in [2.24, 2.45) is 0 Å². The lowest BCUT2D eigenvalue weighted by Crippen LogP contribution is -2.24. The first-order valence-corrected chi connectivity index (χ1v) is 7.24. The Hall–Kier alpha value is -1.86. The number of sulfonamides is 1. The molecule has 0 amide bonds. The molecule has 0 fully saturated rings. The second-order valence-electron chi connectivity index (χ2n) is 4.33. The molecule has 0 radical (unpaired) electrons. The van der Waals surface area contributed by atoms with Gasteiger partial charge in [0.25, 0.3) is 0 Å². The van der Waals surface area contributed by atoms with Crippen LogP contribution in [0.3, 0.4) is 0 Å². The van der Waals surface area contributed by atoms with Crippen molar-refractivity contribution in [3.8, 4) is 0 Å². The van der Waals surface area contributed by atoms with Crippen LogP contribution in [0.15, 0.2) is 29.2 Å². The molecule has 1 aromatic carbocycles. The van der Waals surface area contributed by atoms with Crippen LogP contribution in [0.5, 0.6) is 0 Å². The predicted octanol–water partition coefficient (Wildman–Crippen LogP) is 1.09. The summed E-state index contributed by atoms with van der Waals surface area (Å²) in [6.45, 7) is 3.55. The Balaban J connectivity index is 2.17. The number of nitrogens with two attached hydrogens (primary N) is 1. The maximum atomic E-state index is 12.2. The van der Waals surface area contributed by atoms with Crippen LogP contribution in [0.1, 0.15) is 17.0 Å². The number of H-pyrrole nitrogens is 1. The molecule has 0 spiro atoms. The van der Waals surface area contributed by atoms with Gasteiger partial charge in [0, 0.05) is 12.2 Å². The average molecular weight is 280 g/mol. The molecule has 0 saturated heterocycles. The van der Waals surface area contributed by atoms with Gasteiger partial charge in [0.2, 0.25) is 10.0 Å². The Morgan fingerprint density at radius 1 is 1.26 bits per heavy atom. The number of anilines is 1. The standard InChI is InChI=1S/C12H16N4O2S/c1-8-12(9(2)16-15-8)19(17,18)14-7-10-3-5-11(13)6-4-10/h3-6,14H,7,13H2,1-2H3,(H,15,16). The van der Waals surface area contributed by atoms with E-state index in [0.29, 0.717) is 17.1 Å². The first-order valence-electron chi connectivity index (χ1n) is 5.76. The van der Waals surface area contributed by atoms with E-state index in [9.17, 15) is 8.42 Å². The zero-order chi connectivity index (χ0) is 14.0. The number of benzene rings is 1. The molecular weight excluding hydrogens is 264 g/mol. The molecule has 0 bridgehead atoms. The quantitative estimate of drug-likeness (QED) is 0.730. The van der Waals surface area contributed by atoms with Crippen LogP contribution in [-0.2, 0) is 16.6 Å². The minimum Gasteiger partial charge on any atom is -0.399 e. The monoisotopic (exact) mass is 280 g/mol. The summed E-state index contributed by atoms with van der Waals surface area (Å²) in [4.78, 5) is 0.211. The highest BCUT2D eigenvalue weighted by Crippen LogP contribution is 2.16. The van der Waals surface area contributed by atoms with Gasteiger partial charge in [-0.05, 0) is 31.5 Å². The molecule has 19 heavy (non-hydrogen) atoms. The van der Waals surface area contributed by atoms with E-state index in [-0.39, 0.29) is 11.4 Å². The summed E-state index contributed by atoms with van der Waals surface area (Å²) in [7, 11) is -3.56. The van der Waals surface area contributed by atoms with E-state index in [0.717, 1.165) is 5.56 Å². The van der Waals surface area contributed by atoms with E-state index >= 15 is 0 Å². The fourth-order valence-electron chi connectivity index (χ4n) is 1.82. The summed E-state index contributed by atoms with van der Waals surface area (Å²) in [6.07, 6.45) is 0. The average Bonchev–Trinajstić information content (AvgIpc) is 2.69. The molecule has 0 aliphatic heterocycles. The number of nitrogen functional groups attached to an aromatic ring is 1. The van der Waals surface area contributed by atoms with Crippen molar-refractivity contribution in [3.05, 3.63) is 41.2 Å². The van der Waals surface area contributed by atoms with Gasteiger partial charge in [0.05, 0.1) is 11.4 Å². The van der Waals surface area contributed by atoms with Crippen LogP contribution in [0, 0.1) is 13.8 Å². The van der Waals surface area contributed by atoms with Gasteiger partial charge in [-0.15, -0.1) is 0 Å². The van der Waals surface area contributed by atoms with Crippen molar-refractivity contribution in [1.29, 1.82) is 0 Å². The van der Waals surface area contributed by atoms with Gasteiger partial charge in [0.15, 0.2) is 0 Å². The van der Waals surface area contributed by atoms with Crippen molar-refractivity contribution < 1.29 is 8.42 Å². The van der Waals surface area contributed by atoms with E-state index in [1.165, 1.54) is 0 Å². The molecule has 102 valence electrons. The normalized spacial score (nSPS) is 11.7. The molecule has 7 heteroatoms. The largest absolute Gasteiger partial charge is 0.399 e. The van der Waals surface area contributed by atoms with Gasteiger partial charge >= 0.3 is 0 Å². The highest BCUT2D eigenvalue weighted by Gasteiger charge is 2.21. The van der Waals surface area contributed by atoms with Crippen LogP contribution in [0.4, 0.5) is 5.69 Å². The summed E-state index contributed by atoms with van der Waals surface area (Å²) in [5.74, 6) is 0. The maximum Gasteiger partial charge on any atom is 0.244 e. The first-order chi connectivity index (χ1) is 8.90. The molecule has 6 nitrogen and oxygen atoms in total. The second kappa shape index (κ2) is 5.02. The lowest BCUT2D eigenvalue weighted by Gasteiger charge is -2.07. The number of hydrogen-bond donors (Lipinski definition) is 3. The number of rotatable bonds is 4. The van der Waals surface area contributed by atoms with Crippen molar-refractivity contribution in [3.63, 3.8) is 0 Å². The van der Waals surface area contributed by atoms with Crippen LogP contribution >= 0.6 is 0 Å². The molecule has 1 aromatic heterocycles. The van der Waals surface area contributed by atoms with Crippen LogP contribution < -0.4 is 10.5 Å². The fraction of sp³-hybridized carbons (Fsp3) is 0.250. The third-order valence-corrected chi connectivity index (χ3v) is 4.44. The Bertz CT molecular complexity index is 655. The molecule has 0 atom stereocenters. The second-order valence-corrected chi connectivity index (χ2v) is 6.03. The van der Waals surface area contributed by atoms with E-state index < -0.39 is 10.0 Å². The molecule has 2 rings (SSSR count). The number of aryl methyl sites for hydroxylation is 2. The SMILES string of the molecule is Cc1n[nH]c(C)c1S(=O)(=O)NCc1ccc(N)cc1.